The summed E-state index contributed by atoms with van der Waals surface area (Å²) in [7, 11) is 0. The van der Waals surface area contributed by atoms with Crippen LogP contribution in [0.15, 0.2) is 48.8 Å². The summed E-state index contributed by atoms with van der Waals surface area (Å²) < 4.78 is 39.4. The van der Waals surface area contributed by atoms with E-state index >= 15 is 0 Å². The Morgan fingerprint density at radius 3 is 2.50 bits per heavy atom. The van der Waals surface area contributed by atoms with E-state index < -0.39 is 11.9 Å². The maximum atomic E-state index is 12.6. The average molecular weight is 278 g/mol. The molecule has 2 heterocycles. The van der Waals surface area contributed by atoms with Crippen LogP contribution in [0.1, 0.15) is 5.69 Å². The van der Waals surface area contributed by atoms with Gasteiger partial charge in [-0.05, 0) is 18.2 Å². The monoisotopic (exact) mass is 278 g/mol. The molecule has 3 rings (SSSR count). The quantitative estimate of drug-likeness (QED) is 0.782. The largest absolute Gasteiger partial charge is 0.435 e. The summed E-state index contributed by atoms with van der Waals surface area (Å²) in [6.07, 6.45) is -1.27. The maximum absolute atomic E-state index is 12.6. The van der Waals surface area contributed by atoms with Crippen molar-refractivity contribution in [1.29, 1.82) is 0 Å². The summed E-state index contributed by atoms with van der Waals surface area (Å²) >= 11 is 0. The molecule has 0 amide bonds. The van der Waals surface area contributed by atoms with Crippen molar-refractivity contribution in [2.45, 2.75) is 6.18 Å². The van der Waals surface area contributed by atoms with Crippen LogP contribution in [0.4, 0.5) is 13.2 Å². The van der Waals surface area contributed by atoms with Gasteiger partial charge in [-0.2, -0.15) is 18.3 Å². The van der Waals surface area contributed by atoms with Gasteiger partial charge in [0.25, 0.3) is 0 Å². The summed E-state index contributed by atoms with van der Waals surface area (Å²) in [6.45, 7) is 0. The van der Waals surface area contributed by atoms with E-state index in [1.54, 1.807) is 10.8 Å². The predicted molar refractivity (Wildman–Crippen MR) is 66.1 cm³/mol. The molecule has 1 aromatic carbocycles. The predicted octanol–water partition coefficient (Wildman–Crippen LogP) is 3.28. The Hall–Kier alpha value is -2.57. The number of alkyl halides is 3. The molecule has 102 valence electrons. The number of hydrogen-bond donors (Lipinski definition) is 1. The molecule has 0 spiro atoms. The first-order chi connectivity index (χ1) is 9.55. The van der Waals surface area contributed by atoms with E-state index in [-0.39, 0.29) is 5.69 Å². The molecule has 0 unspecified atom stereocenters. The highest BCUT2D eigenvalue weighted by Gasteiger charge is 2.34. The average Bonchev–Trinajstić information content (AvgIpc) is 3.07. The molecule has 3 aromatic rings. The van der Waals surface area contributed by atoms with Crippen molar-refractivity contribution in [3.05, 3.63) is 54.5 Å². The molecule has 2 aromatic heterocycles. The Labute approximate surface area is 111 Å². The minimum Gasteiger partial charge on any atom is -0.299 e. The van der Waals surface area contributed by atoms with Gasteiger partial charge in [0.1, 0.15) is 5.69 Å². The van der Waals surface area contributed by atoms with Crippen LogP contribution in [-0.2, 0) is 6.18 Å². The number of aromatic nitrogens is 4. The van der Waals surface area contributed by atoms with Crippen LogP contribution in [0.5, 0.6) is 0 Å². The molecule has 0 saturated heterocycles. The van der Waals surface area contributed by atoms with Crippen LogP contribution in [0.25, 0.3) is 17.2 Å². The van der Waals surface area contributed by atoms with Crippen molar-refractivity contribution >= 4 is 0 Å². The van der Waals surface area contributed by atoms with Gasteiger partial charge in [-0.15, -0.1) is 0 Å². The summed E-state index contributed by atoms with van der Waals surface area (Å²) in [5, 5.41) is 5.65. The number of nitrogens with one attached hydrogen (secondary N) is 1. The van der Waals surface area contributed by atoms with Crippen molar-refractivity contribution < 1.29 is 13.2 Å². The molecule has 20 heavy (non-hydrogen) atoms. The van der Waals surface area contributed by atoms with E-state index in [0.29, 0.717) is 5.82 Å². The van der Waals surface area contributed by atoms with Gasteiger partial charge in [-0.1, -0.05) is 18.2 Å². The van der Waals surface area contributed by atoms with Gasteiger partial charge in [0.05, 0.1) is 0 Å². The van der Waals surface area contributed by atoms with Gasteiger partial charge in [0.2, 0.25) is 0 Å². The first kappa shape index (κ1) is 12.5. The summed E-state index contributed by atoms with van der Waals surface area (Å²) in [5.41, 5.74) is 0.0597. The number of nitrogens with zero attached hydrogens (tertiary/aromatic N) is 3. The molecule has 7 heteroatoms. The lowest BCUT2D eigenvalue weighted by Gasteiger charge is -2.05. The lowest BCUT2D eigenvalue weighted by atomic mass is 10.3. The standard InChI is InChI=1S/C13H9F3N4/c14-13(15,16)11-8-10(18-19-11)12-17-6-7-20(12)9-4-2-1-3-5-9/h1-8H,(H,18,19). The number of hydrogen-bond acceptors (Lipinski definition) is 2. The first-order valence-corrected chi connectivity index (χ1v) is 5.77. The SMILES string of the molecule is FC(F)(F)c1cc(-c2nccn2-c2ccccc2)[nH]n1. The number of para-hydroxylation sites is 1. The van der Waals surface area contributed by atoms with Crippen LogP contribution >= 0.6 is 0 Å². The maximum Gasteiger partial charge on any atom is 0.435 e. The number of imidazole rings is 1. The fourth-order valence-electron chi connectivity index (χ4n) is 1.88. The fraction of sp³-hybridized carbons (Fsp3) is 0.0769. The number of aromatic amines is 1. The number of rotatable bonds is 2. The van der Waals surface area contributed by atoms with Crippen molar-refractivity contribution in [2.24, 2.45) is 0 Å². The normalized spacial score (nSPS) is 11.8. The van der Waals surface area contributed by atoms with Crippen LogP contribution < -0.4 is 0 Å². The Morgan fingerprint density at radius 2 is 1.85 bits per heavy atom. The zero-order valence-corrected chi connectivity index (χ0v) is 10.1. The molecule has 0 aliphatic rings. The van der Waals surface area contributed by atoms with E-state index in [0.717, 1.165) is 11.8 Å². The van der Waals surface area contributed by atoms with Crippen molar-refractivity contribution in [3.63, 3.8) is 0 Å². The van der Waals surface area contributed by atoms with E-state index in [2.05, 4.69) is 15.2 Å². The van der Waals surface area contributed by atoms with Crippen LogP contribution in [0.2, 0.25) is 0 Å². The molecule has 0 aliphatic carbocycles. The Bertz CT molecular complexity index is 713. The van der Waals surface area contributed by atoms with E-state index in [1.165, 1.54) is 6.20 Å². The lowest BCUT2D eigenvalue weighted by Crippen LogP contribution is -2.04. The highest BCUT2D eigenvalue weighted by atomic mass is 19.4. The molecule has 0 bridgehead atoms. The van der Waals surface area contributed by atoms with Gasteiger partial charge in [0.15, 0.2) is 11.5 Å². The highest BCUT2D eigenvalue weighted by Crippen LogP contribution is 2.30. The van der Waals surface area contributed by atoms with Gasteiger partial charge < -0.3 is 0 Å². The summed E-state index contributed by atoms with van der Waals surface area (Å²) in [6, 6.07) is 10.2. The zero-order valence-electron chi connectivity index (χ0n) is 10.1. The van der Waals surface area contributed by atoms with E-state index in [9.17, 15) is 13.2 Å². The Morgan fingerprint density at radius 1 is 1.10 bits per heavy atom. The summed E-state index contributed by atoms with van der Waals surface area (Å²) in [5.74, 6) is 0.374. The third-order valence-electron chi connectivity index (χ3n) is 2.78. The highest BCUT2D eigenvalue weighted by molar-refractivity contribution is 5.54. The summed E-state index contributed by atoms with van der Waals surface area (Å²) in [4.78, 5) is 4.08. The first-order valence-electron chi connectivity index (χ1n) is 5.77. The minimum absolute atomic E-state index is 0.214. The zero-order chi connectivity index (χ0) is 14.2. The second kappa shape index (κ2) is 4.52. The second-order valence-corrected chi connectivity index (χ2v) is 4.12. The minimum atomic E-state index is -4.47. The van der Waals surface area contributed by atoms with Crippen LogP contribution in [0.3, 0.4) is 0 Å². The lowest BCUT2D eigenvalue weighted by molar-refractivity contribution is -0.141. The molecule has 1 N–H and O–H groups in total. The second-order valence-electron chi connectivity index (χ2n) is 4.12. The smallest absolute Gasteiger partial charge is 0.299 e. The number of H-pyrrole nitrogens is 1. The third-order valence-corrected chi connectivity index (χ3v) is 2.78. The molecule has 0 saturated carbocycles. The van der Waals surface area contributed by atoms with Crippen molar-refractivity contribution in [1.82, 2.24) is 19.7 Å². The molecular weight excluding hydrogens is 269 g/mol. The fourth-order valence-corrected chi connectivity index (χ4v) is 1.88. The molecule has 0 aliphatic heterocycles. The Balaban J connectivity index is 2.04. The van der Waals surface area contributed by atoms with E-state index in [4.69, 9.17) is 0 Å². The van der Waals surface area contributed by atoms with Crippen LogP contribution in [-0.4, -0.2) is 19.7 Å². The van der Waals surface area contributed by atoms with Gasteiger partial charge >= 0.3 is 6.18 Å². The van der Waals surface area contributed by atoms with Gasteiger partial charge in [-0.3, -0.25) is 9.67 Å². The molecule has 4 nitrogen and oxygen atoms in total. The molecular formula is C13H9F3N4. The van der Waals surface area contributed by atoms with Gasteiger partial charge in [-0.25, -0.2) is 4.98 Å². The molecule has 0 atom stereocenters. The van der Waals surface area contributed by atoms with E-state index in [1.807, 2.05) is 30.3 Å². The van der Waals surface area contributed by atoms with Crippen molar-refractivity contribution in [3.8, 4) is 17.2 Å². The van der Waals surface area contributed by atoms with Gasteiger partial charge in [0, 0.05) is 18.1 Å². The number of halogens is 3. The molecule has 0 radical (unpaired) electrons. The topological polar surface area (TPSA) is 46.5 Å². The Kier molecular flexibility index (Phi) is 2.81. The van der Waals surface area contributed by atoms with Crippen LogP contribution in [0, 0.1) is 0 Å². The third kappa shape index (κ3) is 2.18. The van der Waals surface area contributed by atoms with Crippen molar-refractivity contribution in [2.75, 3.05) is 0 Å². The number of benzene rings is 1. The molecule has 0 fully saturated rings.